The van der Waals surface area contributed by atoms with E-state index in [0.717, 1.165) is 30.6 Å². The first-order chi connectivity index (χ1) is 7.31. The Balaban J connectivity index is 2.20. The predicted molar refractivity (Wildman–Crippen MR) is 61.4 cm³/mol. The maximum absolute atomic E-state index is 5.33. The Morgan fingerprint density at radius 2 is 2.40 bits per heavy atom. The van der Waals surface area contributed by atoms with E-state index < -0.39 is 0 Å². The lowest BCUT2D eigenvalue weighted by Crippen LogP contribution is -2.35. The first-order valence-corrected chi connectivity index (χ1v) is 5.55. The molecule has 2 rings (SSSR count). The van der Waals surface area contributed by atoms with Gasteiger partial charge in [-0.1, -0.05) is 6.92 Å². The van der Waals surface area contributed by atoms with Gasteiger partial charge in [-0.3, -0.25) is 0 Å². The van der Waals surface area contributed by atoms with Gasteiger partial charge < -0.3 is 9.64 Å². The molecule has 15 heavy (non-hydrogen) atoms. The molecule has 0 N–H and O–H groups in total. The van der Waals surface area contributed by atoms with Crippen LogP contribution in [0.3, 0.4) is 0 Å². The number of anilines is 1. The summed E-state index contributed by atoms with van der Waals surface area (Å²) >= 11 is 0. The van der Waals surface area contributed by atoms with Crippen molar-refractivity contribution >= 4 is 5.82 Å². The minimum atomic E-state index is 0.755. The van der Waals surface area contributed by atoms with Gasteiger partial charge in [0.2, 0.25) is 0 Å². The number of hydrogen-bond donors (Lipinski definition) is 0. The highest BCUT2D eigenvalue weighted by atomic mass is 16.5. The van der Waals surface area contributed by atoms with Gasteiger partial charge in [0.05, 0.1) is 7.11 Å². The molecule has 0 saturated carbocycles. The van der Waals surface area contributed by atoms with Gasteiger partial charge in [0.25, 0.3) is 0 Å². The second kappa shape index (κ2) is 4.51. The zero-order valence-corrected chi connectivity index (χ0v) is 9.44. The van der Waals surface area contributed by atoms with Gasteiger partial charge in [-0.25, -0.2) is 4.98 Å². The number of hydrogen-bond acceptors (Lipinski definition) is 3. The molecule has 0 bridgehead atoms. The molecule has 0 aliphatic carbocycles. The highest BCUT2D eigenvalue weighted by Crippen LogP contribution is 2.28. The Morgan fingerprint density at radius 3 is 3.13 bits per heavy atom. The van der Waals surface area contributed by atoms with Crippen molar-refractivity contribution in [3.8, 4) is 5.75 Å². The average molecular weight is 206 g/mol. The third kappa shape index (κ3) is 2.22. The Hall–Kier alpha value is -1.25. The van der Waals surface area contributed by atoms with Gasteiger partial charge >= 0.3 is 0 Å². The van der Waals surface area contributed by atoms with Crippen LogP contribution < -0.4 is 9.64 Å². The number of aromatic nitrogens is 1. The van der Waals surface area contributed by atoms with Crippen LogP contribution in [0.15, 0.2) is 18.3 Å². The van der Waals surface area contributed by atoms with Crippen molar-refractivity contribution in [2.75, 3.05) is 25.1 Å². The van der Waals surface area contributed by atoms with Crippen molar-refractivity contribution in [1.82, 2.24) is 4.98 Å². The molecule has 1 aliphatic heterocycles. The van der Waals surface area contributed by atoms with E-state index in [2.05, 4.69) is 16.8 Å². The summed E-state index contributed by atoms with van der Waals surface area (Å²) in [6, 6.07) is 3.89. The van der Waals surface area contributed by atoms with Crippen LogP contribution in [0.4, 0.5) is 5.82 Å². The largest absolute Gasteiger partial charge is 0.493 e. The second-order valence-electron chi connectivity index (χ2n) is 4.22. The number of ether oxygens (including phenoxy) is 1. The van der Waals surface area contributed by atoms with E-state index in [9.17, 15) is 0 Å². The van der Waals surface area contributed by atoms with Gasteiger partial charge in [0.15, 0.2) is 11.6 Å². The minimum absolute atomic E-state index is 0.755. The van der Waals surface area contributed by atoms with E-state index in [4.69, 9.17) is 4.74 Å². The fraction of sp³-hybridized carbons (Fsp3) is 0.583. The number of nitrogens with zero attached hydrogens (tertiary/aromatic N) is 2. The van der Waals surface area contributed by atoms with Crippen molar-refractivity contribution in [3.63, 3.8) is 0 Å². The molecule has 1 atom stereocenters. The molecule has 0 spiro atoms. The van der Waals surface area contributed by atoms with Crippen molar-refractivity contribution in [2.45, 2.75) is 19.8 Å². The van der Waals surface area contributed by atoms with Gasteiger partial charge in [0, 0.05) is 19.3 Å². The summed E-state index contributed by atoms with van der Waals surface area (Å²) in [7, 11) is 1.70. The summed E-state index contributed by atoms with van der Waals surface area (Å²) in [5.41, 5.74) is 0. The normalized spacial score (nSPS) is 21.5. The SMILES string of the molecule is COc1cccnc1N1CCCC(C)C1. The predicted octanol–water partition coefficient (Wildman–Crippen LogP) is 2.33. The van der Waals surface area contributed by atoms with Crippen LogP contribution in [0.5, 0.6) is 5.75 Å². The molecule has 1 aromatic heterocycles. The van der Waals surface area contributed by atoms with E-state index in [1.807, 2.05) is 18.3 Å². The molecular weight excluding hydrogens is 188 g/mol. The van der Waals surface area contributed by atoms with E-state index in [0.29, 0.717) is 0 Å². The first kappa shape index (κ1) is 10.3. The minimum Gasteiger partial charge on any atom is -0.493 e. The Kier molecular flexibility index (Phi) is 3.09. The smallest absolute Gasteiger partial charge is 0.171 e. The van der Waals surface area contributed by atoms with E-state index in [-0.39, 0.29) is 0 Å². The standard InChI is InChI=1S/C12H18N2O/c1-10-5-4-8-14(9-10)12-11(15-2)6-3-7-13-12/h3,6-7,10H,4-5,8-9H2,1-2H3. The molecule has 1 aliphatic rings. The van der Waals surface area contributed by atoms with Crippen molar-refractivity contribution in [1.29, 1.82) is 0 Å². The lowest BCUT2D eigenvalue weighted by Gasteiger charge is -2.32. The summed E-state index contributed by atoms with van der Waals surface area (Å²) in [4.78, 5) is 6.73. The Labute approximate surface area is 91.1 Å². The maximum Gasteiger partial charge on any atom is 0.171 e. The maximum atomic E-state index is 5.33. The molecule has 3 heteroatoms. The average Bonchev–Trinajstić information content (AvgIpc) is 2.29. The van der Waals surface area contributed by atoms with E-state index in [1.165, 1.54) is 12.8 Å². The Morgan fingerprint density at radius 1 is 1.53 bits per heavy atom. The summed E-state index contributed by atoms with van der Waals surface area (Å²) in [5, 5.41) is 0. The lowest BCUT2D eigenvalue weighted by atomic mass is 10.0. The van der Waals surface area contributed by atoms with Gasteiger partial charge in [0.1, 0.15) is 0 Å². The van der Waals surface area contributed by atoms with Gasteiger partial charge in [-0.15, -0.1) is 0 Å². The molecular formula is C12H18N2O. The molecule has 0 amide bonds. The quantitative estimate of drug-likeness (QED) is 0.742. The summed E-state index contributed by atoms with van der Waals surface area (Å²) in [6.07, 6.45) is 4.41. The Bertz CT molecular complexity index is 327. The molecule has 3 nitrogen and oxygen atoms in total. The molecule has 0 radical (unpaired) electrons. The van der Waals surface area contributed by atoms with Gasteiger partial charge in [-0.2, -0.15) is 0 Å². The zero-order chi connectivity index (χ0) is 10.7. The van der Waals surface area contributed by atoms with Crippen LogP contribution in [-0.2, 0) is 0 Å². The second-order valence-corrected chi connectivity index (χ2v) is 4.22. The van der Waals surface area contributed by atoms with Crippen LogP contribution in [0.1, 0.15) is 19.8 Å². The molecule has 1 fully saturated rings. The van der Waals surface area contributed by atoms with Crippen LogP contribution >= 0.6 is 0 Å². The fourth-order valence-corrected chi connectivity index (χ4v) is 2.16. The third-order valence-electron chi connectivity index (χ3n) is 2.93. The zero-order valence-electron chi connectivity index (χ0n) is 9.44. The molecule has 0 aromatic carbocycles. The van der Waals surface area contributed by atoms with Crippen molar-refractivity contribution in [2.24, 2.45) is 5.92 Å². The van der Waals surface area contributed by atoms with Crippen molar-refractivity contribution < 1.29 is 4.74 Å². The first-order valence-electron chi connectivity index (χ1n) is 5.55. The summed E-state index contributed by atoms with van der Waals surface area (Å²) in [5.74, 6) is 2.63. The van der Waals surface area contributed by atoms with Crippen LogP contribution in [0.25, 0.3) is 0 Å². The van der Waals surface area contributed by atoms with Crippen LogP contribution in [0.2, 0.25) is 0 Å². The van der Waals surface area contributed by atoms with E-state index in [1.54, 1.807) is 7.11 Å². The van der Waals surface area contributed by atoms with Crippen molar-refractivity contribution in [3.05, 3.63) is 18.3 Å². The monoisotopic (exact) mass is 206 g/mol. The summed E-state index contributed by atoms with van der Waals surface area (Å²) < 4.78 is 5.33. The molecule has 1 saturated heterocycles. The lowest BCUT2D eigenvalue weighted by molar-refractivity contribution is 0.402. The number of methoxy groups -OCH3 is 1. The molecule has 2 heterocycles. The molecule has 82 valence electrons. The number of pyridine rings is 1. The highest BCUT2D eigenvalue weighted by molar-refractivity contribution is 5.52. The highest BCUT2D eigenvalue weighted by Gasteiger charge is 2.19. The van der Waals surface area contributed by atoms with Crippen LogP contribution in [-0.4, -0.2) is 25.2 Å². The van der Waals surface area contributed by atoms with Crippen LogP contribution in [0, 0.1) is 5.92 Å². The number of piperidine rings is 1. The van der Waals surface area contributed by atoms with E-state index >= 15 is 0 Å². The number of rotatable bonds is 2. The molecule has 1 unspecified atom stereocenters. The topological polar surface area (TPSA) is 25.4 Å². The summed E-state index contributed by atoms with van der Waals surface area (Å²) in [6.45, 7) is 4.48. The molecule has 1 aromatic rings. The third-order valence-corrected chi connectivity index (χ3v) is 2.93. The fourth-order valence-electron chi connectivity index (χ4n) is 2.16. The van der Waals surface area contributed by atoms with Gasteiger partial charge in [-0.05, 0) is 30.9 Å².